The van der Waals surface area contributed by atoms with E-state index in [1.165, 1.54) is 18.4 Å². The summed E-state index contributed by atoms with van der Waals surface area (Å²) in [4.78, 5) is 4.07. The molecule has 1 aromatic carbocycles. The van der Waals surface area contributed by atoms with Crippen molar-refractivity contribution in [3.63, 3.8) is 0 Å². The van der Waals surface area contributed by atoms with E-state index in [9.17, 15) is 0 Å². The summed E-state index contributed by atoms with van der Waals surface area (Å²) >= 11 is 5.96. The number of imidazole rings is 1. The van der Waals surface area contributed by atoms with Crippen LogP contribution in [0.5, 0.6) is 0 Å². The number of hydrogen-bond acceptors (Lipinski definition) is 2. The Bertz CT molecular complexity index is 544. The highest BCUT2D eigenvalue weighted by Gasteiger charge is 2.43. The molecule has 2 aromatic rings. The molecule has 0 bridgehead atoms. The minimum Gasteiger partial charge on any atom is -0.336 e. The molecular weight excluding hydrogens is 270 g/mol. The van der Waals surface area contributed by atoms with Gasteiger partial charge >= 0.3 is 0 Å². The molecule has 1 heterocycles. The summed E-state index contributed by atoms with van der Waals surface area (Å²) in [7, 11) is 0. The molecule has 0 unspecified atom stereocenters. The van der Waals surface area contributed by atoms with Gasteiger partial charge in [0.05, 0.1) is 6.33 Å². The zero-order valence-corrected chi connectivity index (χ0v) is 12.5. The Morgan fingerprint density at radius 2 is 2.10 bits per heavy atom. The lowest BCUT2D eigenvalue weighted by atomic mass is 9.96. The summed E-state index contributed by atoms with van der Waals surface area (Å²) in [6.07, 6.45) is 8.22. The molecule has 3 nitrogen and oxygen atoms in total. The Morgan fingerprint density at radius 3 is 2.70 bits per heavy atom. The summed E-state index contributed by atoms with van der Waals surface area (Å²) < 4.78 is 2.11. The van der Waals surface area contributed by atoms with Gasteiger partial charge in [-0.2, -0.15) is 0 Å². The van der Waals surface area contributed by atoms with Crippen molar-refractivity contribution in [2.24, 2.45) is 0 Å². The molecule has 1 saturated carbocycles. The summed E-state index contributed by atoms with van der Waals surface area (Å²) in [5.74, 6) is 0. The largest absolute Gasteiger partial charge is 0.336 e. The van der Waals surface area contributed by atoms with Gasteiger partial charge in [-0.15, -0.1) is 0 Å². The highest BCUT2D eigenvalue weighted by molar-refractivity contribution is 6.30. The van der Waals surface area contributed by atoms with Crippen LogP contribution >= 0.6 is 11.6 Å². The van der Waals surface area contributed by atoms with E-state index >= 15 is 0 Å². The predicted octanol–water partition coefficient (Wildman–Crippen LogP) is 3.25. The molecular formula is C16H20ClN3. The molecule has 0 amide bonds. The van der Waals surface area contributed by atoms with E-state index < -0.39 is 0 Å². The van der Waals surface area contributed by atoms with Gasteiger partial charge in [0.25, 0.3) is 0 Å². The minimum absolute atomic E-state index is 0.327. The number of benzene rings is 1. The quantitative estimate of drug-likeness (QED) is 0.885. The zero-order valence-electron chi connectivity index (χ0n) is 11.7. The van der Waals surface area contributed by atoms with Crippen molar-refractivity contribution in [1.82, 2.24) is 14.9 Å². The molecule has 0 spiro atoms. The highest BCUT2D eigenvalue weighted by Crippen LogP contribution is 2.47. The molecule has 1 aliphatic rings. The van der Waals surface area contributed by atoms with E-state index in [-0.39, 0.29) is 0 Å². The van der Waals surface area contributed by atoms with Crippen LogP contribution in [0.3, 0.4) is 0 Å². The predicted molar refractivity (Wildman–Crippen MR) is 82.1 cm³/mol. The molecule has 0 aliphatic heterocycles. The molecule has 106 valence electrons. The van der Waals surface area contributed by atoms with Crippen LogP contribution in [-0.2, 0) is 12.0 Å². The molecule has 20 heavy (non-hydrogen) atoms. The van der Waals surface area contributed by atoms with Crippen molar-refractivity contribution in [2.45, 2.75) is 37.8 Å². The van der Waals surface area contributed by atoms with Crippen molar-refractivity contribution >= 4 is 11.6 Å². The Morgan fingerprint density at radius 1 is 1.35 bits per heavy atom. The van der Waals surface area contributed by atoms with Gasteiger partial charge in [0, 0.05) is 42.0 Å². The fraction of sp³-hybridized carbons (Fsp3) is 0.438. The third-order valence-corrected chi connectivity index (χ3v) is 4.39. The number of rotatable bonds is 6. The minimum atomic E-state index is 0.327. The lowest BCUT2D eigenvalue weighted by Crippen LogP contribution is -2.36. The van der Waals surface area contributed by atoms with Crippen LogP contribution in [0.1, 0.15) is 25.3 Å². The molecule has 0 radical (unpaired) electrons. The van der Waals surface area contributed by atoms with Crippen LogP contribution in [0, 0.1) is 0 Å². The molecule has 1 aliphatic carbocycles. The lowest BCUT2D eigenvalue weighted by Gasteiger charge is -2.21. The number of hydrogen-bond donors (Lipinski definition) is 1. The second-order valence-electron chi connectivity index (χ2n) is 5.83. The van der Waals surface area contributed by atoms with Crippen molar-refractivity contribution in [3.05, 3.63) is 53.6 Å². The Labute approximate surface area is 125 Å². The normalized spacial score (nSPS) is 17.9. The highest BCUT2D eigenvalue weighted by atomic mass is 35.5. The number of aromatic nitrogens is 2. The van der Waals surface area contributed by atoms with Crippen molar-refractivity contribution in [2.75, 3.05) is 6.54 Å². The van der Waals surface area contributed by atoms with Gasteiger partial charge in [-0.25, -0.2) is 4.98 Å². The average Bonchev–Trinajstić information content (AvgIpc) is 3.07. The third-order valence-electron chi connectivity index (χ3n) is 4.14. The molecule has 0 saturated heterocycles. The van der Waals surface area contributed by atoms with Gasteiger partial charge in [-0.1, -0.05) is 23.7 Å². The molecule has 1 fully saturated rings. The van der Waals surface area contributed by atoms with E-state index in [0.29, 0.717) is 11.5 Å². The first-order chi connectivity index (χ1) is 9.68. The Balaban J connectivity index is 1.56. The molecule has 1 N–H and O–H groups in total. The van der Waals surface area contributed by atoms with Crippen LogP contribution in [0.15, 0.2) is 43.0 Å². The van der Waals surface area contributed by atoms with Crippen LogP contribution in [-0.4, -0.2) is 22.1 Å². The van der Waals surface area contributed by atoms with Crippen molar-refractivity contribution in [3.8, 4) is 0 Å². The standard InChI is InChI=1S/C16H20ClN3/c1-13(10-20-9-8-18-12-20)19-11-16(6-7-16)14-2-4-15(17)5-3-14/h2-5,8-9,12-13,19H,6-7,10-11H2,1H3/t13-/m0/s1. The monoisotopic (exact) mass is 289 g/mol. The Hall–Kier alpha value is -1.32. The lowest BCUT2D eigenvalue weighted by molar-refractivity contribution is 0.447. The first kappa shape index (κ1) is 13.7. The van der Waals surface area contributed by atoms with Crippen molar-refractivity contribution < 1.29 is 0 Å². The summed E-state index contributed by atoms with van der Waals surface area (Å²) in [6, 6.07) is 8.75. The van der Waals surface area contributed by atoms with Crippen LogP contribution in [0.4, 0.5) is 0 Å². The van der Waals surface area contributed by atoms with Gasteiger partial charge < -0.3 is 9.88 Å². The fourth-order valence-corrected chi connectivity index (χ4v) is 2.79. The number of nitrogens with zero attached hydrogens (tertiary/aromatic N) is 2. The van der Waals surface area contributed by atoms with E-state index in [1.807, 2.05) is 30.9 Å². The first-order valence-electron chi connectivity index (χ1n) is 7.13. The number of halogens is 1. The van der Waals surface area contributed by atoms with Crippen molar-refractivity contribution in [1.29, 1.82) is 0 Å². The van der Waals surface area contributed by atoms with Gasteiger partial charge in [0.1, 0.15) is 0 Å². The molecule has 3 rings (SSSR count). The van der Waals surface area contributed by atoms with Crippen LogP contribution in [0.2, 0.25) is 5.02 Å². The zero-order chi connectivity index (χ0) is 14.0. The summed E-state index contributed by atoms with van der Waals surface area (Å²) in [5.41, 5.74) is 1.73. The maximum Gasteiger partial charge on any atom is 0.0946 e. The van der Waals surface area contributed by atoms with E-state index in [2.05, 4.69) is 33.9 Å². The molecule has 4 heteroatoms. The topological polar surface area (TPSA) is 29.9 Å². The second-order valence-corrected chi connectivity index (χ2v) is 6.27. The van der Waals surface area contributed by atoms with Gasteiger partial charge in [0.2, 0.25) is 0 Å². The third kappa shape index (κ3) is 3.05. The SMILES string of the molecule is C[C@@H](Cn1ccnc1)NCC1(c2ccc(Cl)cc2)CC1. The van der Waals surface area contributed by atoms with Gasteiger partial charge in [0.15, 0.2) is 0 Å². The maximum atomic E-state index is 5.96. The number of nitrogens with one attached hydrogen (secondary N) is 1. The van der Waals surface area contributed by atoms with E-state index in [1.54, 1.807) is 0 Å². The van der Waals surface area contributed by atoms with E-state index in [4.69, 9.17) is 11.6 Å². The van der Waals surface area contributed by atoms with Crippen LogP contribution in [0.25, 0.3) is 0 Å². The Kier molecular flexibility index (Phi) is 3.81. The van der Waals surface area contributed by atoms with Crippen LogP contribution < -0.4 is 5.32 Å². The van der Waals surface area contributed by atoms with E-state index in [0.717, 1.165) is 18.1 Å². The fourth-order valence-electron chi connectivity index (χ4n) is 2.67. The molecule has 1 aromatic heterocycles. The summed E-state index contributed by atoms with van der Waals surface area (Å²) in [5, 5.41) is 4.47. The summed E-state index contributed by atoms with van der Waals surface area (Å²) in [6.45, 7) is 4.21. The second kappa shape index (κ2) is 5.58. The maximum absolute atomic E-state index is 5.96. The molecule has 1 atom stereocenters. The smallest absolute Gasteiger partial charge is 0.0946 e. The van der Waals surface area contributed by atoms with Gasteiger partial charge in [-0.3, -0.25) is 0 Å². The first-order valence-corrected chi connectivity index (χ1v) is 7.51. The average molecular weight is 290 g/mol. The van der Waals surface area contributed by atoms with Gasteiger partial charge in [-0.05, 0) is 37.5 Å².